The van der Waals surface area contributed by atoms with Crippen LogP contribution in [-0.4, -0.2) is 18.4 Å². The second kappa shape index (κ2) is 6.64. The summed E-state index contributed by atoms with van der Waals surface area (Å²) in [7, 11) is 0. The molecule has 96 valence electrons. The number of carbonyl (C=O) groups excluding carboxylic acids is 2. The fraction of sp³-hybridized carbons (Fsp3) is 0.231. The third kappa shape index (κ3) is 4.08. The second-order valence-electron chi connectivity index (χ2n) is 3.62. The van der Waals surface area contributed by atoms with Crippen molar-refractivity contribution in [3.63, 3.8) is 0 Å². The van der Waals surface area contributed by atoms with E-state index in [-0.39, 0.29) is 24.2 Å². The fourth-order valence-corrected chi connectivity index (χ4v) is 1.16. The van der Waals surface area contributed by atoms with Crippen LogP contribution < -0.4 is 0 Å². The van der Waals surface area contributed by atoms with Gasteiger partial charge in [-0.25, -0.2) is 4.79 Å². The van der Waals surface area contributed by atoms with Crippen molar-refractivity contribution < 1.29 is 23.1 Å². The Labute approximate surface area is 103 Å². The van der Waals surface area contributed by atoms with Gasteiger partial charge in [-0.05, 0) is 12.5 Å². The lowest BCUT2D eigenvalue weighted by atomic mass is 10.1. The van der Waals surface area contributed by atoms with Crippen LogP contribution in [0, 0.1) is 0 Å². The molecule has 0 aliphatic heterocycles. The van der Waals surface area contributed by atoms with Crippen molar-refractivity contribution in [2.75, 3.05) is 6.61 Å². The average molecular weight is 254 g/mol. The monoisotopic (exact) mass is 254 g/mol. The Balaban J connectivity index is 2.48. The molecule has 0 fully saturated rings. The van der Waals surface area contributed by atoms with E-state index in [0.717, 1.165) is 0 Å². The van der Waals surface area contributed by atoms with Crippen LogP contribution in [-0.2, 0) is 9.53 Å². The molecule has 0 spiro atoms. The molecule has 0 amide bonds. The van der Waals surface area contributed by atoms with Crippen LogP contribution in [0.2, 0.25) is 0 Å². The van der Waals surface area contributed by atoms with E-state index in [1.54, 1.807) is 18.2 Å². The molecule has 3 nitrogen and oxygen atoms in total. The number of hydrogen-bond donors (Lipinski definition) is 0. The van der Waals surface area contributed by atoms with Gasteiger partial charge in [-0.3, -0.25) is 4.79 Å². The van der Waals surface area contributed by atoms with E-state index in [2.05, 4.69) is 4.74 Å². The van der Waals surface area contributed by atoms with Crippen LogP contribution in [0.5, 0.6) is 0 Å². The molecule has 1 rings (SSSR count). The van der Waals surface area contributed by atoms with E-state index in [1.165, 1.54) is 19.1 Å². The Morgan fingerprint density at radius 1 is 1.17 bits per heavy atom. The molecule has 0 unspecified atom stereocenters. The zero-order valence-electron chi connectivity index (χ0n) is 9.78. The van der Waals surface area contributed by atoms with Gasteiger partial charge in [0.2, 0.25) is 0 Å². The maximum absolute atomic E-state index is 12.0. The number of ketones is 1. The van der Waals surface area contributed by atoms with Crippen molar-refractivity contribution in [1.29, 1.82) is 0 Å². The third-order valence-corrected chi connectivity index (χ3v) is 2.25. The van der Waals surface area contributed by atoms with Crippen LogP contribution >= 0.6 is 0 Å². The Hall–Kier alpha value is -2.04. The predicted molar refractivity (Wildman–Crippen MR) is 61.3 cm³/mol. The molecule has 1 aromatic rings. The van der Waals surface area contributed by atoms with Crippen molar-refractivity contribution in [2.45, 2.75) is 13.3 Å². The number of Topliss-reactive ketones (excluding diaryl/α,β-unsaturated/α-hetero) is 1. The second-order valence-corrected chi connectivity index (χ2v) is 3.62. The number of carbonyl (C=O) groups is 2. The summed E-state index contributed by atoms with van der Waals surface area (Å²) in [4.78, 5) is 22.8. The van der Waals surface area contributed by atoms with Crippen LogP contribution in [0.25, 0.3) is 0 Å². The topological polar surface area (TPSA) is 43.4 Å². The van der Waals surface area contributed by atoms with Gasteiger partial charge < -0.3 is 4.74 Å². The fourth-order valence-electron chi connectivity index (χ4n) is 1.16. The van der Waals surface area contributed by atoms with Crippen molar-refractivity contribution in [3.8, 4) is 0 Å². The predicted octanol–water partition coefficient (Wildman–Crippen LogP) is 2.97. The van der Waals surface area contributed by atoms with E-state index in [4.69, 9.17) is 0 Å². The van der Waals surface area contributed by atoms with E-state index in [1.807, 2.05) is 0 Å². The summed E-state index contributed by atoms with van der Waals surface area (Å²) in [6, 6.07) is 7.91. The molecule has 5 heteroatoms. The number of rotatable bonds is 5. The minimum atomic E-state index is -1.79. The maximum atomic E-state index is 12.0. The van der Waals surface area contributed by atoms with Gasteiger partial charge >= 0.3 is 5.97 Å². The zero-order chi connectivity index (χ0) is 13.5. The summed E-state index contributed by atoms with van der Waals surface area (Å²) in [6.45, 7) is 1.00. The maximum Gasteiger partial charge on any atom is 0.379 e. The summed E-state index contributed by atoms with van der Waals surface area (Å²) in [5, 5.41) is 0. The molecule has 0 radical (unpaired) electrons. The highest BCUT2D eigenvalue weighted by atomic mass is 19.3. The summed E-state index contributed by atoms with van der Waals surface area (Å²) >= 11 is 0. The summed E-state index contributed by atoms with van der Waals surface area (Å²) in [6.07, 6.45) is -1.88. The molecule has 0 heterocycles. The summed E-state index contributed by atoms with van der Waals surface area (Å²) in [5.41, 5.74) is 0.0568. The molecule has 1 aromatic carbocycles. The molecule has 0 atom stereocenters. The van der Waals surface area contributed by atoms with Gasteiger partial charge in [0.25, 0.3) is 11.9 Å². The van der Waals surface area contributed by atoms with Gasteiger partial charge in [0.15, 0.2) is 0 Å². The lowest BCUT2D eigenvalue weighted by molar-refractivity contribution is -0.138. The van der Waals surface area contributed by atoms with E-state index in [9.17, 15) is 18.4 Å². The van der Waals surface area contributed by atoms with E-state index < -0.39 is 17.8 Å². The SMILES string of the molecule is CC(CCOC(=O)C(=O)c1ccccc1)=C(F)F. The van der Waals surface area contributed by atoms with E-state index >= 15 is 0 Å². The first-order valence-corrected chi connectivity index (χ1v) is 5.29. The van der Waals surface area contributed by atoms with Crippen LogP contribution in [0.4, 0.5) is 8.78 Å². The van der Waals surface area contributed by atoms with Crippen LogP contribution in [0.3, 0.4) is 0 Å². The first-order valence-electron chi connectivity index (χ1n) is 5.29. The lowest BCUT2D eigenvalue weighted by Crippen LogP contribution is -2.18. The van der Waals surface area contributed by atoms with Crippen molar-refractivity contribution >= 4 is 11.8 Å². The zero-order valence-corrected chi connectivity index (χ0v) is 9.78. The number of hydrogen-bond acceptors (Lipinski definition) is 3. The smallest absolute Gasteiger partial charge is 0.379 e. The largest absolute Gasteiger partial charge is 0.459 e. The molecule has 0 bridgehead atoms. The molecule has 0 aliphatic rings. The molecule has 0 aromatic heterocycles. The summed E-state index contributed by atoms with van der Waals surface area (Å²) in [5.74, 6) is -1.81. The highest BCUT2D eigenvalue weighted by Gasteiger charge is 2.17. The highest BCUT2D eigenvalue weighted by molar-refractivity contribution is 6.40. The molecular weight excluding hydrogens is 242 g/mol. The van der Waals surface area contributed by atoms with Crippen molar-refractivity contribution in [3.05, 3.63) is 47.5 Å². The van der Waals surface area contributed by atoms with Gasteiger partial charge in [-0.15, -0.1) is 0 Å². The number of halogens is 2. The lowest BCUT2D eigenvalue weighted by Gasteiger charge is -2.03. The molecule has 0 aliphatic carbocycles. The molecular formula is C13H12F2O3. The molecule has 18 heavy (non-hydrogen) atoms. The van der Waals surface area contributed by atoms with Crippen molar-refractivity contribution in [1.82, 2.24) is 0 Å². The minimum Gasteiger partial charge on any atom is -0.459 e. The van der Waals surface area contributed by atoms with Crippen molar-refractivity contribution in [2.24, 2.45) is 0 Å². The van der Waals surface area contributed by atoms with Gasteiger partial charge in [0.1, 0.15) is 0 Å². The Kier molecular flexibility index (Phi) is 5.17. The normalized spacial score (nSPS) is 9.72. The third-order valence-electron chi connectivity index (χ3n) is 2.25. The summed E-state index contributed by atoms with van der Waals surface area (Å²) < 4.78 is 28.7. The molecule has 0 saturated carbocycles. The van der Waals surface area contributed by atoms with Crippen LogP contribution in [0.15, 0.2) is 42.0 Å². The molecule has 0 N–H and O–H groups in total. The van der Waals surface area contributed by atoms with E-state index in [0.29, 0.717) is 0 Å². The number of benzene rings is 1. The Morgan fingerprint density at radius 3 is 2.33 bits per heavy atom. The average Bonchev–Trinajstić information content (AvgIpc) is 2.38. The number of esters is 1. The van der Waals surface area contributed by atoms with Crippen LogP contribution in [0.1, 0.15) is 23.7 Å². The first-order chi connectivity index (χ1) is 8.52. The highest BCUT2D eigenvalue weighted by Crippen LogP contribution is 2.10. The minimum absolute atomic E-state index is 0.0872. The van der Waals surface area contributed by atoms with Gasteiger partial charge in [0, 0.05) is 12.0 Å². The number of ether oxygens (including phenoxy) is 1. The quantitative estimate of drug-likeness (QED) is 0.461. The Morgan fingerprint density at radius 2 is 1.78 bits per heavy atom. The van der Waals surface area contributed by atoms with Gasteiger partial charge in [-0.1, -0.05) is 30.3 Å². The molecule has 0 saturated heterocycles. The van der Waals surface area contributed by atoms with Gasteiger partial charge in [-0.2, -0.15) is 8.78 Å². The van der Waals surface area contributed by atoms with Gasteiger partial charge in [0.05, 0.1) is 6.61 Å². The standard InChI is InChI=1S/C13H12F2O3/c1-9(12(14)15)7-8-18-13(17)11(16)10-5-3-2-4-6-10/h2-6H,7-8H2,1H3. The Bertz CT molecular complexity index is 462. The first kappa shape index (κ1) is 14.0.